The van der Waals surface area contributed by atoms with Crippen LogP contribution < -0.4 is 14.2 Å². The zero-order chi connectivity index (χ0) is 19.5. The molecule has 0 saturated carbocycles. The van der Waals surface area contributed by atoms with Gasteiger partial charge in [0.2, 0.25) is 5.75 Å². The second-order valence-electron chi connectivity index (χ2n) is 6.19. The molecule has 0 aliphatic carbocycles. The Bertz CT molecular complexity index is 1100. The molecule has 0 amide bonds. The highest BCUT2D eigenvalue weighted by atomic mass is 16.5. The molecule has 142 valence electrons. The number of nitrogens with zero attached hydrogens (tertiary/aromatic N) is 3. The van der Waals surface area contributed by atoms with Crippen LogP contribution in [0.4, 0.5) is 0 Å². The van der Waals surface area contributed by atoms with Gasteiger partial charge in [0.05, 0.1) is 27.0 Å². The van der Waals surface area contributed by atoms with E-state index >= 15 is 0 Å². The van der Waals surface area contributed by atoms with Crippen molar-refractivity contribution >= 4 is 10.9 Å². The predicted octanol–water partition coefficient (Wildman–Crippen LogP) is 3.64. The van der Waals surface area contributed by atoms with Gasteiger partial charge in [-0.2, -0.15) is 0 Å². The van der Waals surface area contributed by atoms with Crippen LogP contribution in [0.3, 0.4) is 0 Å². The molecule has 0 fully saturated rings. The molecule has 0 aliphatic rings. The summed E-state index contributed by atoms with van der Waals surface area (Å²) in [6, 6.07) is 7.66. The van der Waals surface area contributed by atoms with Crippen LogP contribution in [0.2, 0.25) is 0 Å². The Morgan fingerprint density at radius 2 is 1.75 bits per heavy atom. The van der Waals surface area contributed by atoms with Gasteiger partial charge < -0.3 is 19.2 Å². The maximum Gasteiger partial charge on any atom is 0.203 e. The van der Waals surface area contributed by atoms with Crippen molar-refractivity contribution in [2.45, 2.75) is 6.42 Å². The van der Waals surface area contributed by atoms with E-state index in [0.29, 0.717) is 29.5 Å². The first kappa shape index (κ1) is 17.8. The maximum atomic E-state index is 5.43. The fourth-order valence-electron chi connectivity index (χ4n) is 3.23. The summed E-state index contributed by atoms with van der Waals surface area (Å²) < 4.78 is 16.2. The molecule has 1 N–H and O–H groups in total. The number of ether oxygens (including phenoxy) is 3. The summed E-state index contributed by atoms with van der Waals surface area (Å²) in [7, 11) is 4.79. The number of aromatic nitrogens is 4. The molecule has 7 nitrogen and oxygen atoms in total. The van der Waals surface area contributed by atoms with Crippen molar-refractivity contribution in [1.82, 2.24) is 19.9 Å². The fraction of sp³-hybridized carbons (Fsp3) is 0.190. The standard InChI is InChI=1S/C21H20N4O3/c1-26-18-8-13(9-19(27-2)21(18)28-3)10-20-23-7-5-17(25-20)15-12-24-16-4-6-22-11-14(15)16/h4-9,11-12,24H,10H2,1-3H3. The van der Waals surface area contributed by atoms with Gasteiger partial charge in [0.1, 0.15) is 5.82 Å². The van der Waals surface area contributed by atoms with Crippen molar-refractivity contribution < 1.29 is 14.2 Å². The number of hydrogen-bond acceptors (Lipinski definition) is 6. The van der Waals surface area contributed by atoms with Gasteiger partial charge in [0, 0.05) is 47.7 Å². The number of aromatic amines is 1. The molecule has 7 heteroatoms. The Morgan fingerprint density at radius 3 is 2.46 bits per heavy atom. The molecule has 28 heavy (non-hydrogen) atoms. The molecule has 0 bridgehead atoms. The summed E-state index contributed by atoms with van der Waals surface area (Å²) in [6.45, 7) is 0. The topological polar surface area (TPSA) is 82.2 Å². The van der Waals surface area contributed by atoms with E-state index in [4.69, 9.17) is 19.2 Å². The Hall–Kier alpha value is -3.61. The quantitative estimate of drug-likeness (QED) is 0.553. The monoisotopic (exact) mass is 376 g/mol. The van der Waals surface area contributed by atoms with Crippen LogP contribution >= 0.6 is 0 Å². The number of fused-ring (bicyclic) bond motifs is 1. The summed E-state index contributed by atoms with van der Waals surface area (Å²) in [6.07, 6.45) is 7.84. The molecule has 3 aromatic heterocycles. The van der Waals surface area contributed by atoms with Crippen LogP contribution in [0.15, 0.2) is 49.1 Å². The van der Waals surface area contributed by atoms with E-state index in [1.807, 2.05) is 36.7 Å². The third-order valence-corrected chi connectivity index (χ3v) is 4.55. The largest absolute Gasteiger partial charge is 0.493 e. The van der Waals surface area contributed by atoms with E-state index < -0.39 is 0 Å². The van der Waals surface area contributed by atoms with Crippen molar-refractivity contribution in [3.63, 3.8) is 0 Å². The zero-order valence-electron chi connectivity index (χ0n) is 15.9. The van der Waals surface area contributed by atoms with Crippen molar-refractivity contribution in [3.8, 4) is 28.5 Å². The lowest BCUT2D eigenvalue weighted by atomic mass is 10.1. The van der Waals surface area contributed by atoms with Crippen LogP contribution in [0.25, 0.3) is 22.2 Å². The lowest BCUT2D eigenvalue weighted by Crippen LogP contribution is -2.00. The first-order chi connectivity index (χ1) is 13.7. The number of nitrogens with one attached hydrogen (secondary N) is 1. The lowest BCUT2D eigenvalue weighted by Gasteiger charge is -2.14. The number of H-pyrrole nitrogens is 1. The number of benzene rings is 1. The highest BCUT2D eigenvalue weighted by Crippen LogP contribution is 2.38. The Morgan fingerprint density at radius 1 is 0.964 bits per heavy atom. The third-order valence-electron chi connectivity index (χ3n) is 4.55. The van der Waals surface area contributed by atoms with Crippen LogP contribution in [-0.4, -0.2) is 41.3 Å². The average Bonchev–Trinajstić information content (AvgIpc) is 3.17. The molecule has 3 heterocycles. The lowest BCUT2D eigenvalue weighted by molar-refractivity contribution is 0.324. The van der Waals surface area contributed by atoms with Crippen LogP contribution in [-0.2, 0) is 6.42 Å². The molecule has 0 spiro atoms. The number of rotatable bonds is 6. The van der Waals surface area contributed by atoms with E-state index in [1.165, 1.54) is 0 Å². The molecule has 0 radical (unpaired) electrons. The van der Waals surface area contributed by atoms with Crippen molar-refractivity contribution in [2.24, 2.45) is 0 Å². The molecule has 0 saturated heterocycles. The third kappa shape index (κ3) is 3.22. The number of hydrogen-bond donors (Lipinski definition) is 1. The molecule has 0 unspecified atom stereocenters. The van der Waals surface area contributed by atoms with E-state index in [-0.39, 0.29) is 0 Å². The summed E-state index contributed by atoms with van der Waals surface area (Å²) in [5.41, 5.74) is 3.83. The first-order valence-corrected chi connectivity index (χ1v) is 8.75. The molecular formula is C21H20N4O3. The van der Waals surface area contributed by atoms with Gasteiger partial charge >= 0.3 is 0 Å². The minimum absolute atomic E-state index is 0.533. The van der Waals surface area contributed by atoms with Crippen molar-refractivity contribution in [1.29, 1.82) is 0 Å². The SMILES string of the molecule is COc1cc(Cc2nccc(-c3c[nH]c4ccncc34)n2)cc(OC)c1OC. The maximum absolute atomic E-state index is 5.43. The predicted molar refractivity (Wildman–Crippen MR) is 106 cm³/mol. The summed E-state index contributed by atoms with van der Waals surface area (Å²) >= 11 is 0. The molecule has 1 aromatic carbocycles. The Balaban J connectivity index is 1.69. The van der Waals surface area contributed by atoms with Gasteiger partial charge in [0.25, 0.3) is 0 Å². The van der Waals surface area contributed by atoms with Gasteiger partial charge in [-0.05, 0) is 29.8 Å². The van der Waals surface area contributed by atoms with E-state index in [9.17, 15) is 0 Å². The highest BCUT2D eigenvalue weighted by Gasteiger charge is 2.15. The molecule has 4 rings (SSSR count). The number of methoxy groups -OCH3 is 3. The van der Waals surface area contributed by atoms with Crippen molar-refractivity contribution in [2.75, 3.05) is 21.3 Å². The highest BCUT2D eigenvalue weighted by molar-refractivity contribution is 5.93. The number of pyridine rings is 1. The summed E-state index contributed by atoms with van der Waals surface area (Å²) in [5.74, 6) is 2.48. The van der Waals surface area contributed by atoms with Crippen LogP contribution in [0, 0.1) is 0 Å². The minimum atomic E-state index is 0.533. The normalized spacial score (nSPS) is 10.8. The minimum Gasteiger partial charge on any atom is -0.493 e. The van der Waals surface area contributed by atoms with Gasteiger partial charge in [-0.1, -0.05) is 0 Å². The van der Waals surface area contributed by atoms with Gasteiger partial charge in [0.15, 0.2) is 11.5 Å². The van der Waals surface area contributed by atoms with E-state index in [1.54, 1.807) is 33.7 Å². The second kappa shape index (κ2) is 7.56. The van der Waals surface area contributed by atoms with Crippen LogP contribution in [0.5, 0.6) is 17.2 Å². The Labute approximate surface area is 162 Å². The zero-order valence-corrected chi connectivity index (χ0v) is 15.9. The van der Waals surface area contributed by atoms with Gasteiger partial charge in [-0.3, -0.25) is 4.98 Å². The first-order valence-electron chi connectivity index (χ1n) is 8.75. The smallest absolute Gasteiger partial charge is 0.203 e. The fourth-order valence-corrected chi connectivity index (χ4v) is 3.23. The molecule has 0 atom stereocenters. The summed E-state index contributed by atoms with van der Waals surface area (Å²) in [4.78, 5) is 16.6. The Kier molecular flexibility index (Phi) is 4.80. The average molecular weight is 376 g/mol. The summed E-state index contributed by atoms with van der Waals surface area (Å²) in [5, 5.41) is 1.03. The van der Waals surface area contributed by atoms with E-state index in [2.05, 4.69) is 15.0 Å². The molecule has 0 aliphatic heterocycles. The van der Waals surface area contributed by atoms with Crippen molar-refractivity contribution in [3.05, 3.63) is 60.4 Å². The molecular weight excluding hydrogens is 356 g/mol. The van der Waals surface area contributed by atoms with Gasteiger partial charge in [-0.25, -0.2) is 9.97 Å². The molecule has 4 aromatic rings. The van der Waals surface area contributed by atoms with E-state index in [0.717, 1.165) is 27.7 Å². The second-order valence-corrected chi connectivity index (χ2v) is 6.19. The van der Waals surface area contributed by atoms with Gasteiger partial charge in [-0.15, -0.1) is 0 Å². The van der Waals surface area contributed by atoms with Crippen LogP contribution in [0.1, 0.15) is 11.4 Å².